The molecule has 8 nitrogen and oxygen atoms in total. The number of rotatable bonds is 10. The van der Waals surface area contributed by atoms with E-state index in [1.165, 1.54) is 31.3 Å². The van der Waals surface area contributed by atoms with E-state index in [1.807, 2.05) is 31.2 Å². The summed E-state index contributed by atoms with van der Waals surface area (Å²) in [7, 11) is 1.53. The van der Waals surface area contributed by atoms with Crippen LogP contribution in [0.25, 0.3) is 6.08 Å². The van der Waals surface area contributed by atoms with Gasteiger partial charge in [0.05, 0.1) is 18.6 Å². The van der Waals surface area contributed by atoms with Gasteiger partial charge in [0, 0.05) is 5.54 Å². The number of nitrogens with one attached hydrogen (secondary N) is 1. The fourth-order valence-electron chi connectivity index (χ4n) is 7.37. The average Bonchev–Trinajstić information content (AvgIpc) is 3.19. The van der Waals surface area contributed by atoms with Crippen molar-refractivity contribution in [3.8, 4) is 17.2 Å². The van der Waals surface area contributed by atoms with E-state index in [4.69, 9.17) is 14.2 Å². The Kier molecular flexibility index (Phi) is 7.72. The molecular formula is C32H36N2O6S. The first-order valence-electron chi connectivity index (χ1n) is 14.4. The fraction of sp³-hybridized carbons (Fsp3) is 0.469. The van der Waals surface area contributed by atoms with Crippen molar-refractivity contribution in [3.05, 3.63) is 58.5 Å². The van der Waals surface area contributed by atoms with Crippen molar-refractivity contribution in [2.45, 2.75) is 51.0 Å². The van der Waals surface area contributed by atoms with E-state index in [0.717, 1.165) is 54.3 Å². The highest BCUT2D eigenvalue weighted by Gasteiger charge is 2.51. The molecular weight excluding hydrogens is 540 g/mol. The maximum atomic E-state index is 12.9. The van der Waals surface area contributed by atoms with E-state index in [0.29, 0.717) is 27.7 Å². The SMILES string of the molecule is COc1cc(/C=C2\SC(=O)N(CCOc3ccc(C)cc3)C2=O)ccc1OCC(=O)NC12CC3CC(CC(C3)C1)C2. The molecule has 4 bridgehead atoms. The van der Waals surface area contributed by atoms with Gasteiger partial charge in [-0.3, -0.25) is 19.3 Å². The van der Waals surface area contributed by atoms with Crippen LogP contribution in [0.2, 0.25) is 0 Å². The molecule has 0 unspecified atom stereocenters. The predicted molar refractivity (Wildman–Crippen MR) is 157 cm³/mol. The van der Waals surface area contributed by atoms with Gasteiger partial charge in [-0.1, -0.05) is 23.8 Å². The van der Waals surface area contributed by atoms with Crippen LogP contribution >= 0.6 is 11.8 Å². The van der Waals surface area contributed by atoms with Crippen LogP contribution in [0, 0.1) is 24.7 Å². The van der Waals surface area contributed by atoms with E-state index in [2.05, 4.69) is 5.32 Å². The van der Waals surface area contributed by atoms with E-state index >= 15 is 0 Å². The van der Waals surface area contributed by atoms with Crippen LogP contribution in [0.4, 0.5) is 4.79 Å². The molecule has 0 spiro atoms. The first-order valence-corrected chi connectivity index (χ1v) is 15.2. The monoisotopic (exact) mass is 576 g/mol. The molecule has 0 aromatic heterocycles. The number of methoxy groups -OCH3 is 1. The second kappa shape index (κ2) is 11.4. The lowest BCUT2D eigenvalue weighted by molar-refractivity contribution is -0.129. The number of ether oxygens (including phenoxy) is 3. The Labute approximate surface area is 244 Å². The third kappa shape index (κ3) is 6.10. The Morgan fingerprint density at radius 2 is 1.68 bits per heavy atom. The van der Waals surface area contributed by atoms with Crippen LogP contribution in [-0.4, -0.2) is 54.4 Å². The Morgan fingerprint density at radius 1 is 1.00 bits per heavy atom. The van der Waals surface area contributed by atoms with Crippen molar-refractivity contribution >= 4 is 34.9 Å². The lowest BCUT2D eigenvalue weighted by Crippen LogP contribution is -2.60. The third-order valence-electron chi connectivity index (χ3n) is 8.77. The smallest absolute Gasteiger partial charge is 0.293 e. The summed E-state index contributed by atoms with van der Waals surface area (Å²) in [6, 6.07) is 12.9. The number of hydrogen-bond acceptors (Lipinski definition) is 7. The largest absolute Gasteiger partial charge is 0.493 e. The molecule has 4 aliphatic carbocycles. The topological polar surface area (TPSA) is 94.2 Å². The summed E-state index contributed by atoms with van der Waals surface area (Å²) >= 11 is 0.901. The van der Waals surface area contributed by atoms with Gasteiger partial charge in [0.15, 0.2) is 18.1 Å². The molecule has 216 valence electrons. The lowest BCUT2D eigenvalue weighted by atomic mass is 9.53. The summed E-state index contributed by atoms with van der Waals surface area (Å²) < 4.78 is 17.1. The van der Waals surface area contributed by atoms with Crippen molar-refractivity contribution in [1.82, 2.24) is 10.2 Å². The molecule has 0 radical (unpaired) electrons. The summed E-state index contributed by atoms with van der Waals surface area (Å²) in [6.45, 7) is 2.29. The maximum Gasteiger partial charge on any atom is 0.293 e. The highest BCUT2D eigenvalue weighted by atomic mass is 32.2. The quantitative estimate of drug-likeness (QED) is 0.369. The average molecular weight is 577 g/mol. The zero-order chi connectivity index (χ0) is 28.6. The molecule has 2 aromatic carbocycles. The number of amides is 3. The van der Waals surface area contributed by atoms with Crippen LogP contribution in [0.1, 0.15) is 49.7 Å². The minimum Gasteiger partial charge on any atom is -0.493 e. The first-order chi connectivity index (χ1) is 19.8. The van der Waals surface area contributed by atoms with Crippen LogP contribution in [0.5, 0.6) is 17.2 Å². The fourth-order valence-corrected chi connectivity index (χ4v) is 8.23. The number of thioether (sulfide) groups is 1. The summed E-state index contributed by atoms with van der Waals surface area (Å²) in [4.78, 5) is 39.9. The Bertz CT molecular complexity index is 1340. The summed E-state index contributed by atoms with van der Waals surface area (Å²) in [5.74, 6) is 3.40. The second-order valence-electron chi connectivity index (χ2n) is 11.9. The molecule has 4 saturated carbocycles. The third-order valence-corrected chi connectivity index (χ3v) is 9.67. The molecule has 3 amide bonds. The summed E-state index contributed by atoms with van der Waals surface area (Å²) in [6.07, 6.45) is 8.91. The number of aryl methyl sites for hydroxylation is 1. The highest BCUT2D eigenvalue weighted by Crippen LogP contribution is 2.55. The van der Waals surface area contributed by atoms with Gasteiger partial charge in [0.1, 0.15) is 12.4 Å². The van der Waals surface area contributed by atoms with Crippen molar-refractivity contribution < 1.29 is 28.6 Å². The van der Waals surface area contributed by atoms with Crippen LogP contribution in [0.3, 0.4) is 0 Å². The second-order valence-corrected chi connectivity index (χ2v) is 12.9. The molecule has 0 atom stereocenters. The van der Waals surface area contributed by atoms with E-state index < -0.39 is 0 Å². The zero-order valence-electron chi connectivity index (χ0n) is 23.5. The normalized spacial score (nSPS) is 27.4. The van der Waals surface area contributed by atoms with Crippen molar-refractivity contribution in [2.24, 2.45) is 17.8 Å². The molecule has 2 aromatic rings. The minimum absolute atomic E-state index is 0.0566. The molecule has 9 heteroatoms. The summed E-state index contributed by atoms with van der Waals surface area (Å²) in [5, 5.41) is 3.00. The highest BCUT2D eigenvalue weighted by molar-refractivity contribution is 8.18. The first kappa shape index (κ1) is 27.7. The van der Waals surface area contributed by atoms with Crippen LogP contribution < -0.4 is 19.5 Å². The zero-order valence-corrected chi connectivity index (χ0v) is 24.3. The Morgan fingerprint density at radius 3 is 2.34 bits per heavy atom. The molecule has 1 saturated heterocycles. The number of hydrogen-bond donors (Lipinski definition) is 1. The van der Waals surface area contributed by atoms with Crippen LogP contribution in [-0.2, 0) is 9.59 Å². The van der Waals surface area contributed by atoms with Gasteiger partial charge in [-0.05, 0) is 111 Å². The van der Waals surface area contributed by atoms with Gasteiger partial charge in [-0.2, -0.15) is 0 Å². The van der Waals surface area contributed by atoms with Gasteiger partial charge in [-0.15, -0.1) is 0 Å². The van der Waals surface area contributed by atoms with Gasteiger partial charge >= 0.3 is 0 Å². The molecule has 1 heterocycles. The predicted octanol–water partition coefficient (Wildman–Crippen LogP) is 5.58. The molecule has 5 aliphatic rings. The van der Waals surface area contributed by atoms with Gasteiger partial charge < -0.3 is 19.5 Å². The summed E-state index contributed by atoms with van der Waals surface area (Å²) in [5.41, 5.74) is 1.76. The van der Waals surface area contributed by atoms with Gasteiger partial charge in [0.25, 0.3) is 17.1 Å². The van der Waals surface area contributed by atoms with E-state index in [1.54, 1.807) is 24.3 Å². The molecule has 7 rings (SSSR count). The standard InChI is InChI=1S/C32H36N2O6S/c1-20-3-6-25(7-4-20)39-10-9-34-30(36)28(41-31(34)37)15-21-5-8-26(27(14-21)38-2)40-19-29(35)33-32-16-22-11-23(17-32)13-24(12-22)18-32/h3-8,14-15,22-24H,9-13,16-19H2,1-2H3,(H,33,35)/b28-15-. The van der Waals surface area contributed by atoms with Crippen molar-refractivity contribution in [1.29, 1.82) is 0 Å². The molecule has 5 fully saturated rings. The number of benzene rings is 2. The van der Waals surface area contributed by atoms with Crippen molar-refractivity contribution in [2.75, 3.05) is 26.9 Å². The number of imide groups is 1. The van der Waals surface area contributed by atoms with Crippen LogP contribution in [0.15, 0.2) is 47.4 Å². The number of carbonyl (C=O) groups excluding carboxylic acids is 3. The lowest BCUT2D eigenvalue weighted by Gasteiger charge is -2.56. The van der Waals surface area contributed by atoms with Gasteiger partial charge in [0.2, 0.25) is 0 Å². The maximum absolute atomic E-state index is 12.9. The molecule has 1 aliphatic heterocycles. The Hall–Kier alpha value is -3.46. The minimum atomic E-state index is -0.354. The van der Waals surface area contributed by atoms with Gasteiger partial charge in [-0.25, -0.2) is 0 Å². The van der Waals surface area contributed by atoms with E-state index in [-0.39, 0.29) is 42.4 Å². The van der Waals surface area contributed by atoms with Crippen molar-refractivity contribution in [3.63, 3.8) is 0 Å². The molecule has 1 N–H and O–H groups in total. The number of nitrogens with zero attached hydrogens (tertiary/aromatic N) is 1. The number of carbonyl (C=O) groups is 3. The molecule has 41 heavy (non-hydrogen) atoms. The van der Waals surface area contributed by atoms with E-state index in [9.17, 15) is 14.4 Å². The Balaban J connectivity index is 1.04.